The van der Waals surface area contributed by atoms with Gasteiger partial charge in [0.1, 0.15) is 12.4 Å². The van der Waals surface area contributed by atoms with Gasteiger partial charge < -0.3 is 9.94 Å². The predicted octanol–water partition coefficient (Wildman–Crippen LogP) is 4.49. The quantitative estimate of drug-likeness (QED) is 0.506. The fourth-order valence-electron chi connectivity index (χ4n) is 1.52. The maximum Gasteiger partial charge on any atom is 0.134 e. The second-order valence-corrected chi connectivity index (χ2v) is 5.14. The Morgan fingerprint density at radius 3 is 2.58 bits per heavy atom. The molecule has 3 nitrogen and oxygen atoms in total. The van der Waals surface area contributed by atoms with Gasteiger partial charge in [0.2, 0.25) is 0 Å². The molecule has 0 aliphatic carbocycles. The van der Waals surface area contributed by atoms with Crippen LogP contribution >= 0.6 is 27.5 Å². The SMILES string of the molecule is O/N=C\c1ccc(OCc2ccc(Cl)cc2)c(Br)c1. The molecule has 0 atom stereocenters. The monoisotopic (exact) mass is 339 g/mol. The summed E-state index contributed by atoms with van der Waals surface area (Å²) in [6, 6.07) is 12.9. The van der Waals surface area contributed by atoms with Crippen molar-refractivity contribution in [2.75, 3.05) is 0 Å². The molecule has 2 aromatic rings. The van der Waals surface area contributed by atoms with E-state index in [0.29, 0.717) is 11.6 Å². The fraction of sp³-hybridized carbons (Fsp3) is 0.0714. The summed E-state index contributed by atoms with van der Waals surface area (Å²) < 4.78 is 6.50. The first-order valence-corrected chi connectivity index (χ1v) is 6.70. The van der Waals surface area contributed by atoms with Crippen LogP contribution in [0.25, 0.3) is 0 Å². The average molecular weight is 341 g/mol. The van der Waals surface area contributed by atoms with Crippen molar-refractivity contribution in [1.82, 2.24) is 0 Å². The molecule has 19 heavy (non-hydrogen) atoms. The third-order valence-electron chi connectivity index (χ3n) is 2.47. The molecule has 0 heterocycles. The molecule has 0 fully saturated rings. The Morgan fingerprint density at radius 1 is 1.21 bits per heavy atom. The number of benzene rings is 2. The molecule has 98 valence electrons. The summed E-state index contributed by atoms with van der Waals surface area (Å²) in [5.74, 6) is 0.727. The van der Waals surface area contributed by atoms with E-state index in [1.54, 1.807) is 0 Å². The lowest BCUT2D eigenvalue weighted by molar-refractivity contribution is 0.304. The Balaban J connectivity index is 2.05. The van der Waals surface area contributed by atoms with Crippen LogP contribution in [-0.2, 0) is 6.61 Å². The highest BCUT2D eigenvalue weighted by molar-refractivity contribution is 9.10. The van der Waals surface area contributed by atoms with Crippen molar-refractivity contribution in [1.29, 1.82) is 0 Å². The van der Waals surface area contributed by atoms with Gasteiger partial charge in [0.25, 0.3) is 0 Å². The minimum Gasteiger partial charge on any atom is -0.488 e. The van der Waals surface area contributed by atoms with E-state index in [1.165, 1.54) is 6.21 Å². The van der Waals surface area contributed by atoms with Crippen LogP contribution in [0, 0.1) is 0 Å². The van der Waals surface area contributed by atoms with Crippen molar-refractivity contribution in [2.45, 2.75) is 6.61 Å². The van der Waals surface area contributed by atoms with E-state index in [9.17, 15) is 0 Å². The number of rotatable bonds is 4. The minimum atomic E-state index is 0.462. The number of oxime groups is 1. The summed E-state index contributed by atoms with van der Waals surface area (Å²) in [6.07, 6.45) is 1.35. The maximum absolute atomic E-state index is 8.47. The molecule has 5 heteroatoms. The third kappa shape index (κ3) is 3.98. The largest absolute Gasteiger partial charge is 0.488 e. The van der Waals surface area contributed by atoms with E-state index in [2.05, 4.69) is 21.1 Å². The van der Waals surface area contributed by atoms with E-state index >= 15 is 0 Å². The molecule has 0 radical (unpaired) electrons. The van der Waals surface area contributed by atoms with Crippen molar-refractivity contribution in [2.24, 2.45) is 5.16 Å². The molecule has 0 saturated carbocycles. The predicted molar refractivity (Wildman–Crippen MR) is 79.3 cm³/mol. The number of hydrogen-bond acceptors (Lipinski definition) is 3. The van der Waals surface area contributed by atoms with Crippen molar-refractivity contribution in [3.8, 4) is 5.75 Å². The van der Waals surface area contributed by atoms with Crippen molar-refractivity contribution < 1.29 is 9.94 Å². The molecule has 1 N–H and O–H groups in total. The molecule has 0 unspecified atom stereocenters. The molecule has 0 amide bonds. The lowest BCUT2D eigenvalue weighted by Crippen LogP contribution is -1.96. The normalized spacial score (nSPS) is 10.8. The van der Waals surface area contributed by atoms with Crippen LogP contribution in [-0.4, -0.2) is 11.4 Å². The zero-order valence-corrected chi connectivity index (χ0v) is 12.2. The Morgan fingerprint density at radius 2 is 1.95 bits per heavy atom. The number of hydrogen-bond donors (Lipinski definition) is 1. The molecule has 0 bridgehead atoms. The van der Waals surface area contributed by atoms with Gasteiger partial charge >= 0.3 is 0 Å². The van der Waals surface area contributed by atoms with Gasteiger partial charge in [0.15, 0.2) is 0 Å². The van der Waals surface area contributed by atoms with Crippen LogP contribution in [0.5, 0.6) is 5.75 Å². The molecular weight excluding hydrogens is 330 g/mol. The summed E-state index contributed by atoms with van der Waals surface area (Å²) in [4.78, 5) is 0. The summed E-state index contributed by atoms with van der Waals surface area (Å²) >= 11 is 9.23. The zero-order chi connectivity index (χ0) is 13.7. The van der Waals surface area contributed by atoms with Crippen LogP contribution in [0.15, 0.2) is 52.1 Å². The van der Waals surface area contributed by atoms with Crippen LogP contribution in [0.4, 0.5) is 0 Å². The summed E-state index contributed by atoms with van der Waals surface area (Å²) in [5.41, 5.74) is 1.82. The van der Waals surface area contributed by atoms with Gasteiger partial charge in [0.05, 0.1) is 10.7 Å². The average Bonchev–Trinajstić information content (AvgIpc) is 2.40. The highest BCUT2D eigenvalue weighted by Gasteiger charge is 2.02. The van der Waals surface area contributed by atoms with Gasteiger partial charge in [-0.25, -0.2) is 0 Å². The molecule has 2 rings (SSSR count). The summed E-state index contributed by atoms with van der Waals surface area (Å²) in [5, 5.41) is 12.2. The lowest BCUT2D eigenvalue weighted by Gasteiger charge is -2.08. The topological polar surface area (TPSA) is 41.8 Å². The third-order valence-corrected chi connectivity index (χ3v) is 3.34. The Labute approximate surface area is 124 Å². The first-order chi connectivity index (χ1) is 9.19. The van der Waals surface area contributed by atoms with Gasteiger partial charge in [-0.1, -0.05) is 28.9 Å². The fourth-order valence-corrected chi connectivity index (χ4v) is 2.16. The molecule has 2 aromatic carbocycles. The molecule has 0 saturated heterocycles. The number of nitrogens with zero attached hydrogens (tertiary/aromatic N) is 1. The van der Waals surface area contributed by atoms with Crippen LogP contribution < -0.4 is 4.74 Å². The second kappa shape index (κ2) is 6.59. The first-order valence-electron chi connectivity index (χ1n) is 5.53. The van der Waals surface area contributed by atoms with E-state index in [1.807, 2.05) is 42.5 Å². The molecule has 0 aliphatic rings. The van der Waals surface area contributed by atoms with Crippen LogP contribution in [0.3, 0.4) is 0 Å². The van der Waals surface area contributed by atoms with E-state index in [-0.39, 0.29) is 0 Å². The van der Waals surface area contributed by atoms with Gasteiger partial charge in [-0.2, -0.15) is 0 Å². The smallest absolute Gasteiger partial charge is 0.134 e. The summed E-state index contributed by atoms with van der Waals surface area (Å²) in [6.45, 7) is 0.462. The van der Waals surface area contributed by atoms with Gasteiger partial charge in [-0.05, 0) is 57.4 Å². The second-order valence-electron chi connectivity index (χ2n) is 3.85. The van der Waals surface area contributed by atoms with Gasteiger partial charge in [-0.3, -0.25) is 0 Å². The lowest BCUT2D eigenvalue weighted by atomic mass is 10.2. The number of halogens is 2. The van der Waals surface area contributed by atoms with Gasteiger partial charge in [0, 0.05) is 5.02 Å². The molecular formula is C14H11BrClNO2. The number of ether oxygens (including phenoxy) is 1. The van der Waals surface area contributed by atoms with Crippen LogP contribution in [0.1, 0.15) is 11.1 Å². The molecule has 0 aromatic heterocycles. The zero-order valence-electron chi connectivity index (χ0n) is 9.88. The highest BCUT2D eigenvalue weighted by atomic mass is 79.9. The van der Waals surface area contributed by atoms with Crippen molar-refractivity contribution in [3.63, 3.8) is 0 Å². The van der Waals surface area contributed by atoms with E-state index in [0.717, 1.165) is 21.3 Å². The van der Waals surface area contributed by atoms with E-state index in [4.69, 9.17) is 21.5 Å². The molecule has 0 spiro atoms. The Bertz CT molecular complexity index is 584. The standard InChI is InChI=1S/C14H11BrClNO2/c15-13-7-11(8-17-18)3-6-14(13)19-9-10-1-4-12(16)5-2-10/h1-8,18H,9H2/b17-8-. The summed E-state index contributed by atoms with van der Waals surface area (Å²) in [7, 11) is 0. The van der Waals surface area contributed by atoms with Gasteiger partial charge in [-0.15, -0.1) is 0 Å². The Kier molecular flexibility index (Phi) is 4.82. The first kappa shape index (κ1) is 13.9. The van der Waals surface area contributed by atoms with Crippen LogP contribution in [0.2, 0.25) is 5.02 Å². The minimum absolute atomic E-state index is 0.462. The Hall–Kier alpha value is -1.52. The molecule has 0 aliphatic heterocycles. The maximum atomic E-state index is 8.47. The van der Waals surface area contributed by atoms with E-state index < -0.39 is 0 Å². The highest BCUT2D eigenvalue weighted by Crippen LogP contribution is 2.26. The van der Waals surface area contributed by atoms with Crippen molar-refractivity contribution in [3.05, 3.63) is 63.1 Å². The van der Waals surface area contributed by atoms with Crippen molar-refractivity contribution >= 4 is 33.7 Å².